The van der Waals surface area contributed by atoms with Crippen LogP contribution in [0.25, 0.3) is 27.1 Å². The molecule has 4 aromatic rings. The van der Waals surface area contributed by atoms with Gasteiger partial charge in [-0.15, -0.1) is 10.2 Å². The van der Waals surface area contributed by atoms with Crippen molar-refractivity contribution in [2.45, 2.75) is 43.5 Å². The number of anilines is 1. The van der Waals surface area contributed by atoms with Gasteiger partial charge in [0.05, 0.1) is 21.9 Å². The molecule has 39 heavy (non-hydrogen) atoms. The lowest BCUT2D eigenvalue weighted by Crippen LogP contribution is -2.35. The van der Waals surface area contributed by atoms with Crippen LogP contribution in [0.1, 0.15) is 38.1 Å². The van der Waals surface area contributed by atoms with E-state index in [1.807, 2.05) is 18.0 Å². The number of nitrogens with one attached hydrogen (secondary N) is 1. The third-order valence-corrected chi connectivity index (χ3v) is 9.37. The van der Waals surface area contributed by atoms with E-state index in [-0.39, 0.29) is 10.0 Å². The standard InChI is InChI=1S/C24H27F2N9O2S2/c1-4-34(5-2)11-10-33(3)20-18-16-7-6-15(39(36,37)32-24(13-27)8-9-24)12-17(16)35(21(18)29-14-28-20)23-31-30-22(38-23)19(25)26/h6-7,12,14,19,32H,4-5,8-11H2,1-3H3. The van der Waals surface area contributed by atoms with Crippen molar-refractivity contribution in [1.82, 2.24) is 34.4 Å². The first-order chi connectivity index (χ1) is 18.6. The summed E-state index contributed by atoms with van der Waals surface area (Å²) < 4.78 is 57.2. The third-order valence-electron chi connectivity index (χ3n) is 6.92. The number of halogens is 2. The number of hydrogen-bond donors (Lipinski definition) is 1. The van der Waals surface area contributed by atoms with Crippen molar-refractivity contribution in [3.8, 4) is 11.2 Å². The molecular weight excluding hydrogens is 548 g/mol. The largest absolute Gasteiger partial charge is 0.358 e. The van der Waals surface area contributed by atoms with Gasteiger partial charge in [0.1, 0.15) is 17.7 Å². The fourth-order valence-electron chi connectivity index (χ4n) is 4.47. The molecule has 0 unspecified atom stereocenters. The normalized spacial score (nSPS) is 14.9. The van der Waals surface area contributed by atoms with Crippen LogP contribution in [-0.4, -0.2) is 76.8 Å². The number of likely N-dealkylation sites (N-methyl/N-ethyl adjacent to an activating group) is 2. The number of alkyl halides is 2. The molecular formula is C24H27F2N9O2S2. The number of benzene rings is 1. The summed E-state index contributed by atoms with van der Waals surface area (Å²) >= 11 is 0.702. The maximum absolute atomic E-state index is 13.4. The van der Waals surface area contributed by atoms with Crippen molar-refractivity contribution in [3.63, 3.8) is 0 Å². The van der Waals surface area contributed by atoms with E-state index in [0.29, 0.717) is 58.5 Å². The Kier molecular flexibility index (Phi) is 7.23. The topological polar surface area (TPSA) is 133 Å². The van der Waals surface area contributed by atoms with Crippen LogP contribution in [0.4, 0.5) is 14.6 Å². The van der Waals surface area contributed by atoms with Crippen LogP contribution in [0.3, 0.4) is 0 Å². The number of rotatable bonds is 11. The second-order valence-electron chi connectivity index (χ2n) is 9.38. The Morgan fingerprint density at radius 1 is 1.21 bits per heavy atom. The van der Waals surface area contributed by atoms with Gasteiger partial charge in [0.2, 0.25) is 15.2 Å². The second kappa shape index (κ2) is 10.3. The van der Waals surface area contributed by atoms with Crippen molar-refractivity contribution >= 4 is 49.1 Å². The van der Waals surface area contributed by atoms with Gasteiger partial charge in [0, 0.05) is 25.5 Å². The monoisotopic (exact) mass is 575 g/mol. The van der Waals surface area contributed by atoms with Crippen molar-refractivity contribution in [3.05, 3.63) is 29.5 Å². The fourth-order valence-corrected chi connectivity index (χ4v) is 6.58. The summed E-state index contributed by atoms with van der Waals surface area (Å²) in [5, 5.41) is 17.9. The van der Waals surface area contributed by atoms with Crippen LogP contribution in [0.5, 0.6) is 0 Å². The SMILES string of the molecule is CCN(CC)CCN(C)c1ncnc2c1c1ccc(S(=O)(=O)NC3(C#N)CC3)cc1n2-c1nnc(C(F)F)s1. The summed E-state index contributed by atoms with van der Waals surface area (Å²) in [5.41, 5.74) is -0.316. The highest BCUT2D eigenvalue weighted by molar-refractivity contribution is 7.89. The number of nitriles is 1. The highest BCUT2D eigenvalue weighted by Gasteiger charge is 2.46. The number of hydrogen-bond acceptors (Lipinski definition) is 10. The van der Waals surface area contributed by atoms with E-state index < -0.39 is 27.0 Å². The van der Waals surface area contributed by atoms with Crippen LogP contribution in [0.15, 0.2) is 29.4 Å². The summed E-state index contributed by atoms with van der Waals surface area (Å²) in [5.74, 6) is 0.615. The average molecular weight is 576 g/mol. The Morgan fingerprint density at radius 2 is 1.95 bits per heavy atom. The van der Waals surface area contributed by atoms with E-state index in [1.165, 1.54) is 23.0 Å². The summed E-state index contributed by atoms with van der Waals surface area (Å²) in [6.45, 7) is 7.48. The molecule has 206 valence electrons. The lowest BCUT2D eigenvalue weighted by Gasteiger charge is -2.24. The molecule has 1 saturated carbocycles. The molecule has 0 radical (unpaired) electrons. The summed E-state index contributed by atoms with van der Waals surface area (Å²) in [6.07, 6.45) is -0.545. The van der Waals surface area contributed by atoms with Crippen LogP contribution in [0.2, 0.25) is 0 Å². The van der Waals surface area contributed by atoms with Crippen molar-refractivity contribution in [2.75, 3.05) is 38.1 Å². The molecule has 1 N–H and O–H groups in total. The minimum absolute atomic E-state index is 0.0661. The molecule has 3 heterocycles. The van der Waals surface area contributed by atoms with Gasteiger partial charge >= 0.3 is 0 Å². The number of nitrogens with zero attached hydrogens (tertiary/aromatic N) is 8. The Morgan fingerprint density at radius 3 is 2.56 bits per heavy atom. The summed E-state index contributed by atoms with van der Waals surface area (Å²) in [7, 11) is -2.13. The Labute approximate surface area is 228 Å². The maximum Gasteiger partial charge on any atom is 0.291 e. The molecule has 5 rings (SSSR count). The van der Waals surface area contributed by atoms with Gasteiger partial charge in [0.15, 0.2) is 10.7 Å². The highest BCUT2D eigenvalue weighted by Crippen LogP contribution is 2.39. The van der Waals surface area contributed by atoms with Gasteiger partial charge in [-0.25, -0.2) is 27.2 Å². The van der Waals surface area contributed by atoms with Crippen molar-refractivity contribution in [1.29, 1.82) is 5.26 Å². The van der Waals surface area contributed by atoms with Gasteiger partial charge in [-0.2, -0.15) is 9.98 Å². The minimum atomic E-state index is -4.04. The lowest BCUT2D eigenvalue weighted by molar-refractivity contribution is 0.150. The van der Waals surface area contributed by atoms with Crippen LogP contribution >= 0.6 is 11.3 Å². The summed E-state index contributed by atoms with van der Waals surface area (Å²) in [4.78, 5) is 13.2. The molecule has 0 bridgehead atoms. The zero-order valence-electron chi connectivity index (χ0n) is 21.6. The van der Waals surface area contributed by atoms with Gasteiger partial charge in [-0.1, -0.05) is 31.3 Å². The zero-order valence-corrected chi connectivity index (χ0v) is 23.2. The van der Waals surface area contributed by atoms with Crippen LogP contribution < -0.4 is 9.62 Å². The Hall–Kier alpha value is -3.32. The predicted octanol–water partition coefficient (Wildman–Crippen LogP) is 3.48. The number of fused-ring (bicyclic) bond motifs is 3. The minimum Gasteiger partial charge on any atom is -0.358 e. The zero-order chi connectivity index (χ0) is 27.9. The van der Waals surface area contributed by atoms with E-state index in [4.69, 9.17) is 0 Å². The van der Waals surface area contributed by atoms with Crippen LogP contribution in [-0.2, 0) is 10.0 Å². The third kappa shape index (κ3) is 5.05. The number of sulfonamides is 1. The molecule has 0 aliphatic heterocycles. The first-order valence-electron chi connectivity index (χ1n) is 12.4. The first-order valence-corrected chi connectivity index (χ1v) is 14.7. The average Bonchev–Trinajstić information content (AvgIpc) is 3.36. The second-order valence-corrected chi connectivity index (χ2v) is 12.1. The number of aromatic nitrogens is 5. The Bertz CT molecular complexity index is 1670. The fraction of sp³-hybridized carbons (Fsp3) is 0.458. The molecule has 0 amide bonds. The smallest absolute Gasteiger partial charge is 0.291 e. The van der Waals surface area contributed by atoms with Crippen molar-refractivity contribution < 1.29 is 17.2 Å². The molecule has 0 spiro atoms. The molecule has 11 nitrogen and oxygen atoms in total. The van der Waals surface area contributed by atoms with Crippen LogP contribution in [0, 0.1) is 11.3 Å². The van der Waals surface area contributed by atoms with Gasteiger partial charge < -0.3 is 9.80 Å². The predicted molar refractivity (Wildman–Crippen MR) is 144 cm³/mol. The lowest BCUT2D eigenvalue weighted by atomic mass is 10.2. The molecule has 1 aliphatic rings. The van der Waals surface area contributed by atoms with E-state index in [9.17, 15) is 22.5 Å². The first kappa shape index (κ1) is 27.3. The van der Waals surface area contributed by atoms with E-state index in [0.717, 1.165) is 19.6 Å². The Balaban J connectivity index is 1.69. The molecule has 1 aromatic carbocycles. The molecule has 0 atom stereocenters. The summed E-state index contributed by atoms with van der Waals surface area (Å²) in [6, 6.07) is 6.57. The molecule has 1 fully saturated rings. The van der Waals surface area contributed by atoms with E-state index in [1.54, 1.807) is 6.07 Å². The van der Waals surface area contributed by atoms with E-state index >= 15 is 0 Å². The molecule has 0 saturated heterocycles. The quantitative estimate of drug-likeness (QED) is 0.285. The molecule has 3 aromatic heterocycles. The van der Waals surface area contributed by atoms with Crippen molar-refractivity contribution in [2.24, 2.45) is 0 Å². The van der Waals surface area contributed by atoms with Gasteiger partial charge in [-0.05, 0) is 38.1 Å². The van der Waals surface area contributed by atoms with Gasteiger partial charge in [0.25, 0.3) is 6.43 Å². The molecule has 15 heteroatoms. The van der Waals surface area contributed by atoms with Gasteiger partial charge in [-0.3, -0.25) is 4.57 Å². The molecule has 1 aliphatic carbocycles. The highest BCUT2D eigenvalue weighted by atomic mass is 32.2. The van der Waals surface area contributed by atoms with E-state index in [2.05, 4.69) is 43.6 Å². The maximum atomic E-state index is 13.4.